The lowest BCUT2D eigenvalue weighted by Crippen LogP contribution is -2.14. The van der Waals surface area contributed by atoms with Gasteiger partial charge in [0.2, 0.25) is 5.89 Å². The fraction of sp³-hybridized carbons (Fsp3) is 0.250. The minimum atomic E-state index is -3.77. The van der Waals surface area contributed by atoms with Gasteiger partial charge in [0.25, 0.3) is 10.0 Å². The molecule has 0 saturated heterocycles. The van der Waals surface area contributed by atoms with Crippen molar-refractivity contribution in [2.45, 2.75) is 31.8 Å². The molecule has 0 aliphatic heterocycles. The number of benzene rings is 1. The van der Waals surface area contributed by atoms with Gasteiger partial charge in [0.05, 0.1) is 18.2 Å². The predicted octanol–water partition coefficient (Wildman–Crippen LogP) is 3.23. The van der Waals surface area contributed by atoms with Crippen molar-refractivity contribution >= 4 is 15.7 Å². The maximum Gasteiger partial charge on any atom is 0.280 e. The van der Waals surface area contributed by atoms with Crippen LogP contribution in [0, 0.1) is 6.92 Å². The molecule has 3 aromatic rings. The number of hydrogen-bond acceptors (Lipinski definition) is 5. The van der Waals surface area contributed by atoms with Crippen LogP contribution in [0.1, 0.15) is 25.5 Å². The number of anilines is 1. The Kier molecular flexibility index (Phi) is 4.15. The van der Waals surface area contributed by atoms with Crippen LogP contribution in [-0.2, 0) is 10.0 Å². The molecule has 0 spiro atoms. The number of sulfonamides is 1. The maximum atomic E-state index is 12.6. The number of hydrogen-bond donors (Lipinski definition) is 1. The van der Waals surface area contributed by atoms with Gasteiger partial charge in [-0.15, -0.1) is 0 Å². The smallest absolute Gasteiger partial charge is 0.280 e. The second-order valence-corrected chi connectivity index (χ2v) is 7.30. The summed E-state index contributed by atoms with van der Waals surface area (Å²) in [6, 6.07) is 5.40. The van der Waals surface area contributed by atoms with Crippen LogP contribution >= 0.6 is 0 Å². The van der Waals surface area contributed by atoms with Gasteiger partial charge in [-0.3, -0.25) is 4.72 Å². The molecule has 0 atom stereocenters. The Balaban J connectivity index is 1.94. The summed E-state index contributed by atoms with van der Waals surface area (Å²) in [6.45, 7) is 5.72. The van der Waals surface area contributed by atoms with E-state index in [9.17, 15) is 8.42 Å². The highest BCUT2D eigenvalue weighted by Crippen LogP contribution is 2.28. The molecule has 0 radical (unpaired) electrons. The van der Waals surface area contributed by atoms with E-state index in [1.165, 1.54) is 18.8 Å². The van der Waals surface area contributed by atoms with Crippen molar-refractivity contribution in [2.75, 3.05) is 4.72 Å². The quantitative estimate of drug-likeness (QED) is 0.766. The van der Waals surface area contributed by atoms with Crippen molar-refractivity contribution in [2.24, 2.45) is 0 Å². The van der Waals surface area contributed by atoms with Gasteiger partial charge < -0.3 is 8.98 Å². The Morgan fingerprint density at radius 3 is 2.67 bits per heavy atom. The van der Waals surface area contributed by atoms with E-state index < -0.39 is 10.0 Å². The van der Waals surface area contributed by atoms with Crippen LogP contribution in [-0.4, -0.2) is 23.0 Å². The number of imidazole rings is 1. The Hall–Kier alpha value is -2.61. The number of aromatic nitrogens is 3. The fourth-order valence-electron chi connectivity index (χ4n) is 2.27. The number of oxazole rings is 1. The molecule has 1 N–H and O–H groups in total. The van der Waals surface area contributed by atoms with Crippen LogP contribution in [0.25, 0.3) is 11.5 Å². The molecule has 0 unspecified atom stereocenters. The first kappa shape index (κ1) is 16.3. The van der Waals surface area contributed by atoms with Gasteiger partial charge in [0, 0.05) is 17.8 Å². The van der Waals surface area contributed by atoms with Crippen molar-refractivity contribution in [1.29, 1.82) is 0 Å². The Bertz CT molecular complexity index is 944. The lowest BCUT2D eigenvalue weighted by Gasteiger charge is -2.11. The Morgan fingerprint density at radius 1 is 1.25 bits per heavy atom. The van der Waals surface area contributed by atoms with E-state index in [1.54, 1.807) is 22.9 Å². The Labute approximate surface area is 140 Å². The van der Waals surface area contributed by atoms with Crippen molar-refractivity contribution in [3.05, 3.63) is 48.7 Å². The van der Waals surface area contributed by atoms with E-state index in [4.69, 9.17) is 4.42 Å². The van der Waals surface area contributed by atoms with Gasteiger partial charge >= 0.3 is 0 Å². The molecule has 0 bridgehead atoms. The van der Waals surface area contributed by atoms with Crippen LogP contribution in [0.3, 0.4) is 0 Å². The zero-order valence-corrected chi connectivity index (χ0v) is 14.4. The lowest BCUT2D eigenvalue weighted by molar-refractivity contribution is 0.574. The molecule has 7 nitrogen and oxygen atoms in total. The number of rotatable bonds is 5. The van der Waals surface area contributed by atoms with Crippen LogP contribution < -0.4 is 4.72 Å². The summed E-state index contributed by atoms with van der Waals surface area (Å²) in [5.41, 5.74) is 1.92. The molecule has 3 rings (SSSR count). The molecule has 0 saturated carbocycles. The summed E-state index contributed by atoms with van der Waals surface area (Å²) >= 11 is 0. The average Bonchev–Trinajstić information content (AvgIpc) is 3.20. The normalized spacial score (nSPS) is 11.8. The van der Waals surface area contributed by atoms with E-state index in [0.717, 1.165) is 11.1 Å². The second kappa shape index (κ2) is 6.12. The summed E-state index contributed by atoms with van der Waals surface area (Å²) in [5.74, 6) is 0.442. The zero-order valence-electron chi connectivity index (χ0n) is 13.6. The third kappa shape index (κ3) is 3.05. The summed E-state index contributed by atoms with van der Waals surface area (Å²) in [4.78, 5) is 8.10. The Morgan fingerprint density at radius 2 is 2.04 bits per heavy atom. The summed E-state index contributed by atoms with van der Waals surface area (Å²) in [5, 5.41) is -0.0165. The number of nitrogens with one attached hydrogen (secondary N) is 1. The molecular weight excluding hydrogens is 328 g/mol. The first-order valence-corrected chi connectivity index (χ1v) is 8.92. The van der Waals surface area contributed by atoms with E-state index in [-0.39, 0.29) is 11.1 Å². The highest BCUT2D eigenvalue weighted by atomic mass is 32.2. The molecule has 2 heterocycles. The molecular formula is C16H18N4O3S. The van der Waals surface area contributed by atoms with E-state index >= 15 is 0 Å². The van der Waals surface area contributed by atoms with Gasteiger partial charge in [0.15, 0.2) is 5.03 Å². The number of nitrogens with zero attached hydrogens (tertiary/aromatic N) is 3. The third-order valence-corrected chi connectivity index (χ3v) is 4.94. The van der Waals surface area contributed by atoms with Crippen molar-refractivity contribution in [3.8, 4) is 11.5 Å². The molecule has 0 fully saturated rings. The standard InChI is InChI=1S/C16H18N4O3S/c1-11(2)20-9-15(18-10-20)24(21,22)19-14-6-4-5-13(12(14)3)16-17-7-8-23-16/h4-11,19H,1-3H3. The van der Waals surface area contributed by atoms with Crippen LogP contribution in [0.4, 0.5) is 5.69 Å². The largest absolute Gasteiger partial charge is 0.445 e. The molecule has 24 heavy (non-hydrogen) atoms. The summed E-state index contributed by atoms with van der Waals surface area (Å²) < 4.78 is 34.7. The highest BCUT2D eigenvalue weighted by Gasteiger charge is 2.20. The molecule has 1 aromatic carbocycles. The molecule has 8 heteroatoms. The molecule has 0 aliphatic rings. The molecule has 0 amide bonds. The van der Waals surface area contributed by atoms with Gasteiger partial charge in [-0.1, -0.05) is 6.07 Å². The summed E-state index contributed by atoms with van der Waals surface area (Å²) in [7, 11) is -3.77. The molecule has 0 aliphatic carbocycles. The van der Waals surface area contributed by atoms with Gasteiger partial charge in [-0.25, -0.2) is 9.97 Å². The minimum absolute atomic E-state index is 0.0165. The highest BCUT2D eigenvalue weighted by molar-refractivity contribution is 7.92. The fourth-order valence-corrected chi connectivity index (χ4v) is 3.33. The maximum absolute atomic E-state index is 12.6. The van der Waals surface area contributed by atoms with E-state index in [2.05, 4.69) is 14.7 Å². The van der Waals surface area contributed by atoms with E-state index in [1.807, 2.05) is 26.8 Å². The zero-order chi connectivity index (χ0) is 17.3. The van der Waals surface area contributed by atoms with Crippen LogP contribution in [0.2, 0.25) is 0 Å². The van der Waals surface area contributed by atoms with Gasteiger partial charge in [-0.05, 0) is 38.5 Å². The summed E-state index contributed by atoms with van der Waals surface area (Å²) in [6.07, 6.45) is 6.05. The SMILES string of the molecule is Cc1c(NS(=O)(=O)c2cn(C(C)C)cn2)cccc1-c1ncco1. The minimum Gasteiger partial charge on any atom is -0.445 e. The van der Waals surface area contributed by atoms with Crippen molar-refractivity contribution in [3.63, 3.8) is 0 Å². The van der Waals surface area contributed by atoms with Gasteiger partial charge in [0.1, 0.15) is 6.26 Å². The van der Waals surface area contributed by atoms with E-state index in [0.29, 0.717) is 11.6 Å². The van der Waals surface area contributed by atoms with Crippen LogP contribution in [0.15, 0.2) is 52.6 Å². The first-order chi connectivity index (χ1) is 11.4. The van der Waals surface area contributed by atoms with Crippen LogP contribution in [0.5, 0.6) is 0 Å². The van der Waals surface area contributed by atoms with Crippen molar-refractivity contribution < 1.29 is 12.8 Å². The topological polar surface area (TPSA) is 90.0 Å². The predicted molar refractivity (Wildman–Crippen MR) is 90.1 cm³/mol. The first-order valence-electron chi connectivity index (χ1n) is 7.44. The van der Waals surface area contributed by atoms with Gasteiger partial charge in [-0.2, -0.15) is 8.42 Å². The molecule has 2 aromatic heterocycles. The average molecular weight is 346 g/mol. The third-order valence-electron chi connectivity index (χ3n) is 3.69. The molecule has 126 valence electrons. The lowest BCUT2D eigenvalue weighted by atomic mass is 10.1. The van der Waals surface area contributed by atoms with Crippen molar-refractivity contribution in [1.82, 2.24) is 14.5 Å². The monoisotopic (exact) mass is 346 g/mol. The second-order valence-electron chi connectivity index (χ2n) is 5.67.